The molecule has 0 aromatic heterocycles. The van der Waals surface area contributed by atoms with Crippen molar-refractivity contribution in [1.29, 1.82) is 0 Å². The van der Waals surface area contributed by atoms with E-state index < -0.39 is 130 Å². The Kier molecular flexibility index (Phi) is 43.0. The molecule has 0 atom stereocenters. The Labute approximate surface area is 698 Å². The monoisotopic (exact) mass is 2010 g/mol. The highest BCUT2D eigenvalue weighted by molar-refractivity contribution is 14.1. The number of nitrogens with two attached hydrogens (primary N) is 1. The summed E-state index contributed by atoms with van der Waals surface area (Å²) in [6.45, 7) is 1.94. The van der Waals surface area contributed by atoms with Crippen molar-refractivity contribution < 1.29 is 135 Å². The molecule has 638 valence electrons. The van der Waals surface area contributed by atoms with Crippen LogP contribution in [-0.4, -0.2) is 152 Å². The van der Waals surface area contributed by atoms with E-state index in [-0.39, 0.29) is 79.5 Å². The lowest BCUT2D eigenvalue weighted by molar-refractivity contribution is -0.138. The third kappa shape index (κ3) is 33.7. The van der Waals surface area contributed by atoms with E-state index in [1.165, 1.54) is 86.3 Å². The van der Waals surface area contributed by atoms with Crippen molar-refractivity contribution in [3.63, 3.8) is 0 Å². The molecule has 11 N–H and O–H groups in total. The van der Waals surface area contributed by atoms with Crippen LogP contribution in [0.3, 0.4) is 0 Å². The highest BCUT2D eigenvalue weighted by Gasteiger charge is 2.33. The first-order valence-electron chi connectivity index (χ1n) is 33.1. The number of ether oxygens (including phenoxy) is 2. The van der Waals surface area contributed by atoms with Gasteiger partial charge in [0.15, 0.2) is 0 Å². The normalized spacial score (nSPS) is 13.2. The predicted molar refractivity (Wildman–Crippen MR) is 429 cm³/mol. The molecular weight excluding hydrogens is 1940 g/mol. The molecule has 0 fully saturated rings. The second-order valence-corrected chi connectivity index (χ2v) is 33.6. The van der Waals surface area contributed by atoms with E-state index >= 15 is 0 Å². The van der Waals surface area contributed by atoms with E-state index in [2.05, 4.69) is 68.6 Å². The van der Waals surface area contributed by atoms with E-state index in [9.17, 15) is 99.2 Å². The summed E-state index contributed by atoms with van der Waals surface area (Å²) in [5.41, 5.74) is 6.58. The fourth-order valence-electron chi connectivity index (χ4n) is 8.91. The molecule has 116 heavy (non-hydrogen) atoms. The van der Waals surface area contributed by atoms with Crippen LogP contribution in [-0.2, 0) is 67.7 Å². The molecule has 2 aliphatic heterocycles. The van der Waals surface area contributed by atoms with Crippen LogP contribution in [0.4, 0.5) is 57.1 Å². The van der Waals surface area contributed by atoms with E-state index in [4.69, 9.17) is 52.6 Å². The molecule has 0 radical (unpaired) electrons. The van der Waals surface area contributed by atoms with Gasteiger partial charge in [0.2, 0.25) is 40.1 Å². The summed E-state index contributed by atoms with van der Waals surface area (Å²) < 4.78 is 305. The molecule has 0 saturated heterocycles. The van der Waals surface area contributed by atoms with Crippen LogP contribution in [0, 0.1) is 24.4 Å². The van der Waals surface area contributed by atoms with Crippen LogP contribution >= 0.6 is 65.1 Å². The molecule has 2 heterocycles. The fourth-order valence-corrected chi connectivity index (χ4v) is 15.5. The van der Waals surface area contributed by atoms with E-state index in [1.807, 2.05) is 28.7 Å². The van der Waals surface area contributed by atoms with Crippen LogP contribution in [0.5, 0.6) is 11.5 Å². The van der Waals surface area contributed by atoms with Crippen molar-refractivity contribution in [1.82, 2.24) is 18.9 Å². The van der Waals surface area contributed by atoms with E-state index in [0.29, 0.717) is 55.9 Å². The Morgan fingerprint density at radius 1 is 0.500 bits per heavy atom. The van der Waals surface area contributed by atoms with Gasteiger partial charge in [-0.25, -0.2) is 74.1 Å². The van der Waals surface area contributed by atoms with Crippen LogP contribution in [0.15, 0.2) is 221 Å². The lowest BCUT2D eigenvalue weighted by Crippen LogP contribution is -2.29. The van der Waals surface area contributed by atoms with Crippen molar-refractivity contribution in [3.8, 4) is 44.9 Å². The number of halogens is 17. The van der Waals surface area contributed by atoms with Gasteiger partial charge in [-0.05, 0) is 160 Å². The van der Waals surface area contributed by atoms with Gasteiger partial charge < -0.3 is 40.6 Å². The first-order valence-corrected chi connectivity index (χ1v) is 44.1. The lowest BCUT2D eigenvalue weighted by Gasteiger charge is -2.10. The number of aliphatic hydroxyl groups excluding tert-OH is 3. The van der Waals surface area contributed by atoms with Gasteiger partial charge in [-0.2, -0.15) is 39.5 Å². The van der Waals surface area contributed by atoms with Crippen LogP contribution < -0.4 is 39.6 Å². The molecule has 0 aliphatic carbocycles. The maximum absolute atomic E-state index is 13.8. The van der Waals surface area contributed by atoms with Crippen LogP contribution in [0.25, 0.3) is 33.4 Å². The van der Waals surface area contributed by atoms with Crippen molar-refractivity contribution in [2.24, 2.45) is 5.73 Å². The average molecular weight is 2010 g/mol. The predicted octanol–water partition coefficient (Wildman–Crippen LogP) is 13.1. The van der Waals surface area contributed by atoms with Crippen molar-refractivity contribution >= 4 is 127 Å². The van der Waals surface area contributed by atoms with E-state index in [1.54, 1.807) is 24.3 Å². The van der Waals surface area contributed by atoms with Gasteiger partial charge in [0.1, 0.15) is 66.6 Å². The quantitative estimate of drug-likeness (QED) is 0.0159. The minimum Gasteiger partial charge on any atom is -0.491 e. The minimum absolute atomic E-state index is 0.0209. The summed E-state index contributed by atoms with van der Waals surface area (Å²) >= 11 is 8.20. The number of benzene rings is 9. The SMILES string of the molecule is CF.CI.Cc1ccc(B(O)O)cc1.NCCO.O=S(=O)(Cl)c1cc(Br)ccc1F.O=S(=O)(NCCO)c1cc(-c2ccc(C(F)(F)F)cc2)ccc1F.O=S(=O)(NCCO)c1cc(Br)ccc1F.O=S1(=O)NCCOc2ccc(-c3ccc(C(F)(F)F)cc3)cc21.O=S1(=O)NCCOc2ccc(-c3ccc(C(F)(F)F)cc3)cc21.[2H]C. The number of sulfonamides is 4. The standard InChI is InChI=1S/C15H13F4NO3S.2C15H12F3NO3S.C8H9BrFNO3S.C7H9BO2.C6H3BrClFO2S.C2H7NO.CH3F.CH3I.CH4/c16-13-6-3-11(9-14(13)24(22,23)20-7-8-21)10-1-4-12(5-2-10)15(17,18)19;2*16-15(17,18)12-4-1-10(2-5-12)11-3-6-13-14(9-11)23(20,21)19-7-8-22-13;9-6-1-2-7(10)8(5-6)15(13,14)11-3-4-12;1-6-2-4-7(5-3-6)8(9)10;7-4-1-2-5(9)6(3-4)12(8,10)11;3-1-2-4;2*1-2;/h1-6,9,20-21H,7-8H2;2*1-6,9,19H,7-8H2;1-2,5,11-12H,3-4H2;2-5,9-10H,1H3;1-3H;4H,1-3H2;2*1H3;1H4/i;;;;;;;;;1D. The first-order chi connectivity index (χ1) is 54.7. The van der Waals surface area contributed by atoms with Gasteiger partial charge in [0.25, 0.3) is 9.05 Å². The number of rotatable bonds is 14. The summed E-state index contributed by atoms with van der Waals surface area (Å²) in [6.07, 6.45) is -13.3. The van der Waals surface area contributed by atoms with E-state index in [0.717, 1.165) is 78.4 Å². The topological polar surface area (TPSA) is 364 Å². The number of fused-ring (bicyclic) bond motifs is 2. The summed E-state index contributed by atoms with van der Waals surface area (Å²) in [5, 5.41) is 42.2. The van der Waals surface area contributed by atoms with Crippen LogP contribution in [0.1, 0.15) is 31.0 Å². The molecular formula is C71H75BBr2ClF13IN5O17S5. The first kappa shape index (κ1) is 103. The third-order valence-electron chi connectivity index (χ3n) is 14.3. The second-order valence-electron chi connectivity index (χ2n) is 22.3. The van der Waals surface area contributed by atoms with Gasteiger partial charge in [-0.3, -0.25) is 4.39 Å². The van der Waals surface area contributed by atoms with Gasteiger partial charge in [-0.1, -0.05) is 146 Å². The van der Waals surface area contributed by atoms with Gasteiger partial charge in [0.05, 0.1) is 43.7 Å². The maximum Gasteiger partial charge on any atom is 0.488 e. The van der Waals surface area contributed by atoms with Gasteiger partial charge >= 0.3 is 25.6 Å². The van der Waals surface area contributed by atoms with Crippen LogP contribution in [0.2, 0.25) is 0 Å². The summed E-state index contributed by atoms with van der Waals surface area (Å²) in [6, 6.07) is 39.6. The lowest BCUT2D eigenvalue weighted by atomic mass is 9.80. The molecule has 0 spiro atoms. The Balaban J connectivity index is 0.000000475. The minimum atomic E-state index is -4.48. The maximum atomic E-state index is 13.8. The Bertz CT molecular complexity index is 5080. The number of hydrogen-bond donors (Lipinski definition) is 10. The van der Waals surface area contributed by atoms with Crippen molar-refractivity contribution in [2.75, 3.05) is 77.9 Å². The zero-order valence-electron chi connectivity index (χ0n) is 61.7. The molecule has 11 rings (SSSR count). The summed E-state index contributed by atoms with van der Waals surface area (Å²) in [5.74, 6) is -2.23. The largest absolute Gasteiger partial charge is 0.491 e. The number of aryl methyl sites for hydroxylation is 1. The highest BCUT2D eigenvalue weighted by atomic mass is 127. The van der Waals surface area contributed by atoms with Gasteiger partial charge in [0, 0.05) is 53.7 Å². The average Bonchev–Trinajstić information content (AvgIpc) is 1.78. The molecule has 2 aliphatic rings. The number of hydrogen-bond acceptors (Lipinski definition) is 18. The number of aliphatic hydroxyl groups is 3. The van der Waals surface area contributed by atoms with Gasteiger partial charge in [-0.15, -0.1) is 0 Å². The highest BCUT2D eigenvalue weighted by Crippen LogP contribution is 2.38. The smallest absolute Gasteiger partial charge is 0.488 e. The Morgan fingerprint density at radius 3 is 1.09 bits per heavy atom. The molecule has 0 saturated carbocycles. The van der Waals surface area contributed by atoms with Crippen molar-refractivity contribution in [2.45, 2.75) is 57.3 Å². The zero-order chi connectivity index (χ0) is 89.1. The number of alkyl halides is 11. The Hall–Kier alpha value is -6.94. The molecule has 0 amide bonds. The second kappa shape index (κ2) is 48.3. The summed E-state index contributed by atoms with van der Waals surface area (Å²) in [4.78, 5) is 0.328. The molecule has 22 nitrogen and oxygen atoms in total. The molecule has 9 aromatic carbocycles. The summed E-state index contributed by atoms with van der Waals surface area (Å²) in [7, 11) is -14.1. The number of nitrogens with one attached hydrogen (secondary N) is 4. The van der Waals surface area contributed by atoms with Crippen molar-refractivity contribution in [3.05, 3.63) is 237 Å². The third-order valence-corrected chi connectivity index (χ3v) is 22.5. The molecule has 45 heteroatoms. The molecule has 9 aromatic rings. The molecule has 0 unspecified atom stereocenters. The fraction of sp³-hybridized carbons (Fsp3) is 0.239. The Morgan fingerprint density at radius 2 is 0.793 bits per heavy atom. The zero-order valence-corrected chi connectivity index (χ0v) is 70.9. The molecule has 0 bridgehead atoms.